The van der Waals surface area contributed by atoms with Crippen LogP contribution in [0, 0.1) is 5.82 Å². The van der Waals surface area contributed by atoms with Gasteiger partial charge in [-0.3, -0.25) is 4.90 Å². The zero-order valence-electron chi connectivity index (χ0n) is 10.4. The Morgan fingerprint density at radius 1 is 1.17 bits per heavy atom. The van der Waals surface area contributed by atoms with Gasteiger partial charge in [-0.25, -0.2) is 4.39 Å². The van der Waals surface area contributed by atoms with Crippen LogP contribution in [0.2, 0.25) is 0 Å². The molecule has 0 amide bonds. The molecule has 2 heterocycles. The van der Waals surface area contributed by atoms with Gasteiger partial charge >= 0.3 is 0 Å². The van der Waals surface area contributed by atoms with Crippen molar-refractivity contribution in [3.8, 4) is 0 Å². The molecule has 0 radical (unpaired) electrons. The first kappa shape index (κ1) is 12.4. The summed E-state index contributed by atoms with van der Waals surface area (Å²) in [4.78, 5) is 5.01. The third-order valence-corrected chi connectivity index (χ3v) is 4.69. The van der Waals surface area contributed by atoms with Crippen LogP contribution in [0.1, 0.15) is 19.3 Å². The van der Waals surface area contributed by atoms with Gasteiger partial charge in [0.25, 0.3) is 0 Å². The quantitative estimate of drug-likeness (QED) is 0.785. The molecule has 0 N–H and O–H groups in total. The molecule has 2 fully saturated rings. The third-order valence-electron chi connectivity index (χ3n) is 4.05. The molecule has 4 heteroatoms. The Morgan fingerprint density at radius 2 is 2.00 bits per heavy atom. The summed E-state index contributed by atoms with van der Waals surface area (Å²) in [6, 6.07) is 5.69. The van der Waals surface area contributed by atoms with Gasteiger partial charge in [0.05, 0.1) is 5.69 Å². The van der Waals surface area contributed by atoms with E-state index in [1.165, 1.54) is 32.4 Å². The smallest absolute Gasteiger partial charge is 0.124 e. The molecule has 98 valence electrons. The van der Waals surface area contributed by atoms with Crippen molar-refractivity contribution >= 4 is 21.6 Å². The summed E-state index contributed by atoms with van der Waals surface area (Å²) in [5.41, 5.74) is 1.13. The Hall–Kier alpha value is -0.610. The lowest BCUT2D eigenvalue weighted by Crippen LogP contribution is -2.36. The highest BCUT2D eigenvalue weighted by molar-refractivity contribution is 9.10. The molecule has 2 aliphatic heterocycles. The van der Waals surface area contributed by atoms with Crippen LogP contribution in [-0.4, -0.2) is 37.1 Å². The third kappa shape index (κ3) is 2.41. The SMILES string of the molecule is Fc1ccc(N2CCCN3CCCC3C2)c(Br)c1. The van der Waals surface area contributed by atoms with E-state index in [1.54, 1.807) is 12.1 Å². The fourth-order valence-corrected chi connectivity index (χ4v) is 3.76. The summed E-state index contributed by atoms with van der Waals surface area (Å²) >= 11 is 3.49. The number of fused-ring (bicyclic) bond motifs is 1. The summed E-state index contributed by atoms with van der Waals surface area (Å²) in [7, 11) is 0. The van der Waals surface area contributed by atoms with Crippen molar-refractivity contribution in [2.75, 3.05) is 31.1 Å². The number of nitrogens with zero attached hydrogens (tertiary/aromatic N) is 2. The van der Waals surface area contributed by atoms with E-state index in [1.807, 2.05) is 6.07 Å². The highest BCUT2D eigenvalue weighted by Crippen LogP contribution is 2.30. The van der Waals surface area contributed by atoms with Gasteiger partial charge in [-0.15, -0.1) is 0 Å². The first-order chi connectivity index (χ1) is 8.74. The predicted molar refractivity (Wildman–Crippen MR) is 75.5 cm³/mol. The standard InChI is InChI=1S/C14H18BrFN2/c15-13-9-11(16)4-5-14(13)18-8-2-7-17-6-1-3-12(17)10-18/h4-5,9,12H,1-3,6-8,10H2. The van der Waals surface area contributed by atoms with E-state index < -0.39 is 0 Å². The second-order valence-corrected chi connectivity index (χ2v) is 6.08. The first-order valence-corrected chi connectivity index (χ1v) is 7.47. The van der Waals surface area contributed by atoms with Crippen molar-refractivity contribution in [2.45, 2.75) is 25.3 Å². The van der Waals surface area contributed by atoms with Crippen molar-refractivity contribution in [3.63, 3.8) is 0 Å². The summed E-state index contributed by atoms with van der Waals surface area (Å²) in [6.07, 6.45) is 3.82. The second kappa shape index (κ2) is 5.17. The van der Waals surface area contributed by atoms with Crippen molar-refractivity contribution < 1.29 is 4.39 Å². The summed E-state index contributed by atoms with van der Waals surface area (Å²) < 4.78 is 14.0. The molecule has 0 aliphatic carbocycles. The maximum atomic E-state index is 13.2. The van der Waals surface area contributed by atoms with Crippen molar-refractivity contribution in [2.24, 2.45) is 0 Å². The molecule has 1 aromatic rings. The molecule has 0 aromatic heterocycles. The summed E-state index contributed by atoms with van der Waals surface area (Å²) in [5.74, 6) is -0.178. The molecule has 1 aromatic carbocycles. The second-order valence-electron chi connectivity index (χ2n) is 5.23. The molecular formula is C14H18BrFN2. The van der Waals surface area contributed by atoms with Crippen LogP contribution >= 0.6 is 15.9 Å². The van der Waals surface area contributed by atoms with Crippen LogP contribution in [0.15, 0.2) is 22.7 Å². The van der Waals surface area contributed by atoms with Gasteiger partial charge in [0.15, 0.2) is 0 Å². The Labute approximate surface area is 116 Å². The molecule has 1 atom stereocenters. The highest BCUT2D eigenvalue weighted by Gasteiger charge is 2.29. The predicted octanol–water partition coefficient (Wildman–Crippen LogP) is 3.26. The van der Waals surface area contributed by atoms with E-state index in [4.69, 9.17) is 0 Å². The molecule has 0 bridgehead atoms. The van der Waals surface area contributed by atoms with Crippen LogP contribution in [0.4, 0.5) is 10.1 Å². The van der Waals surface area contributed by atoms with Gasteiger partial charge in [-0.05, 0) is 59.9 Å². The van der Waals surface area contributed by atoms with Gasteiger partial charge in [-0.2, -0.15) is 0 Å². The Kier molecular flexibility index (Phi) is 3.57. The lowest BCUT2D eigenvalue weighted by atomic mass is 10.2. The molecule has 0 saturated carbocycles. The molecule has 1 unspecified atom stereocenters. The number of anilines is 1. The average Bonchev–Trinajstić information content (AvgIpc) is 2.67. The molecule has 0 spiro atoms. The molecule has 2 saturated heterocycles. The summed E-state index contributed by atoms with van der Waals surface area (Å²) in [5, 5.41) is 0. The largest absolute Gasteiger partial charge is 0.369 e. The van der Waals surface area contributed by atoms with Crippen molar-refractivity contribution in [1.82, 2.24) is 4.90 Å². The van der Waals surface area contributed by atoms with Crippen LogP contribution in [-0.2, 0) is 0 Å². The molecule has 2 nitrogen and oxygen atoms in total. The van der Waals surface area contributed by atoms with Gasteiger partial charge in [-0.1, -0.05) is 0 Å². The minimum absolute atomic E-state index is 0.178. The highest BCUT2D eigenvalue weighted by atomic mass is 79.9. The fourth-order valence-electron chi connectivity index (χ4n) is 3.16. The van der Waals surface area contributed by atoms with Crippen LogP contribution in [0.25, 0.3) is 0 Å². The van der Waals surface area contributed by atoms with E-state index >= 15 is 0 Å². The van der Waals surface area contributed by atoms with Gasteiger partial charge in [0.1, 0.15) is 5.82 Å². The number of hydrogen-bond acceptors (Lipinski definition) is 2. The zero-order valence-corrected chi connectivity index (χ0v) is 12.0. The molecule has 3 rings (SSSR count). The first-order valence-electron chi connectivity index (χ1n) is 6.68. The fraction of sp³-hybridized carbons (Fsp3) is 0.571. The monoisotopic (exact) mass is 312 g/mol. The Balaban J connectivity index is 1.82. The Bertz CT molecular complexity index is 438. The zero-order chi connectivity index (χ0) is 12.5. The van der Waals surface area contributed by atoms with Crippen LogP contribution < -0.4 is 4.90 Å². The van der Waals surface area contributed by atoms with E-state index in [9.17, 15) is 4.39 Å². The maximum absolute atomic E-state index is 13.2. The number of hydrogen-bond donors (Lipinski definition) is 0. The lowest BCUT2D eigenvalue weighted by molar-refractivity contribution is 0.273. The minimum Gasteiger partial charge on any atom is -0.369 e. The van der Waals surface area contributed by atoms with Crippen LogP contribution in [0.5, 0.6) is 0 Å². The van der Waals surface area contributed by atoms with E-state index in [2.05, 4.69) is 25.7 Å². The van der Waals surface area contributed by atoms with E-state index in [0.717, 1.165) is 23.2 Å². The number of rotatable bonds is 1. The van der Waals surface area contributed by atoms with Crippen molar-refractivity contribution in [3.05, 3.63) is 28.5 Å². The molecule has 18 heavy (non-hydrogen) atoms. The van der Waals surface area contributed by atoms with Gasteiger partial charge < -0.3 is 4.90 Å². The molecular weight excluding hydrogens is 295 g/mol. The number of halogens is 2. The van der Waals surface area contributed by atoms with Crippen molar-refractivity contribution in [1.29, 1.82) is 0 Å². The lowest BCUT2D eigenvalue weighted by Gasteiger charge is -2.28. The summed E-state index contributed by atoms with van der Waals surface area (Å²) in [6.45, 7) is 4.60. The normalized spacial score (nSPS) is 25.0. The van der Waals surface area contributed by atoms with Crippen LogP contribution in [0.3, 0.4) is 0 Å². The molecule has 2 aliphatic rings. The topological polar surface area (TPSA) is 6.48 Å². The Morgan fingerprint density at radius 3 is 2.83 bits per heavy atom. The maximum Gasteiger partial charge on any atom is 0.124 e. The van der Waals surface area contributed by atoms with E-state index in [-0.39, 0.29) is 5.82 Å². The minimum atomic E-state index is -0.178. The number of benzene rings is 1. The van der Waals surface area contributed by atoms with Gasteiger partial charge in [0, 0.05) is 30.1 Å². The van der Waals surface area contributed by atoms with Gasteiger partial charge in [0.2, 0.25) is 0 Å². The van der Waals surface area contributed by atoms with E-state index in [0.29, 0.717) is 6.04 Å². The average molecular weight is 313 g/mol.